The third kappa shape index (κ3) is 7.00. The molecule has 0 bridgehead atoms. The van der Waals surface area contributed by atoms with E-state index >= 15 is 0 Å². The molecule has 4 nitrogen and oxygen atoms in total. The topological polar surface area (TPSA) is 38.8 Å². The fraction of sp³-hybridized carbons (Fsp3) is 0.591. The molecule has 29 heavy (non-hydrogen) atoms. The Kier molecular flexibility index (Phi) is 9.04. The van der Waals surface area contributed by atoms with Crippen molar-refractivity contribution in [1.29, 1.82) is 0 Å². The van der Waals surface area contributed by atoms with Crippen LogP contribution < -0.4 is 0 Å². The minimum Gasteiger partial charge on any atom is -0.397 e. The average Bonchev–Trinajstić information content (AvgIpc) is 2.99. The van der Waals surface area contributed by atoms with Crippen molar-refractivity contribution in [2.24, 2.45) is 0 Å². The van der Waals surface area contributed by atoms with Crippen LogP contribution in [0.3, 0.4) is 0 Å². The number of thioether (sulfide) groups is 1. The first-order valence-electron chi connectivity index (χ1n) is 10.5. The quantitative estimate of drug-likeness (QED) is 0.309. The van der Waals surface area contributed by atoms with Crippen LogP contribution in [0.5, 0.6) is 0 Å². The van der Waals surface area contributed by atoms with Crippen LogP contribution in [0.15, 0.2) is 35.2 Å². The lowest BCUT2D eigenvalue weighted by molar-refractivity contribution is -0.135. The Hall–Kier alpha value is -1.05. The van der Waals surface area contributed by atoms with Crippen LogP contribution in [-0.4, -0.2) is 58.9 Å². The summed E-state index contributed by atoms with van der Waals surface area (Å²) < 4.78 is 12.4. The van der Waals surface area contributed by atoms with Crippen molar-refractivity contribution in [2.45, 2.75) is 69.2 Å². The lowest BCUT2D eigenvalue weighted by Crippen LogP contribution is -2.46. The molecule has 1 saturated heterocycles. The minimum absolute atomic E-state index is 0.115. The molecule has 7 heteroatoms. The number of benzene rings is 1. The fourth-order valence-corrected chi connectivity index (χ4v) is 8.67. The Morgan fingerprint density at radius 1 is 1.14 bits per heavy atom. The smallest absolute Gasteiger partial charge is 0.271 e. The molecule has 1 unspecified atom stereocenters. The van der Waals surface area contributed by atoms with E-state index in [-0.39, 0.29) is 18.2 Å². The van der Waals surface area contributed by atoms with Gasteiger partial charge in [-0.25, -0.2) is 0 Å². The van der Waals surface area contributed by atoms with Crippen LogP contribution in [0, 0.1) is 11.1 Å². The summed E-state index contributed by atoms with van der Waals surface area (Å²) in [5.41, 5.74) is 7.11. The van der Waals surface area contributed by atoms with Gasteiger partial charge in [-0.15, -0.1) is 22.8 Å². The molecule has 1 aliphatic rings. The predicted molar refractivity (Wildman–Crippen MR) is 127 cm³/mol. The van der Waals surface area contributed by atoms with E-state index in [1.807, 2.05) is 23.1 Å². The number of ether oxygens (including phenoxy) is 1. The maximum absolute atomic E-state index is 12.7. The maximum Gasteiger partial charge on any atom is 0.271 e. The van der Waals surface area contributed by atoms with Crippen molar-refractivity contribution < 1.29 is 14.0 Å². The minimum atomic E-state index is -2.21. The number of likely N-dealkylation sites (tertiary alicyclic amines) is 1. The van der Waals surface area contributed by atoms with Gasteiger partial charge in [-0.3, -0.25) is 4.79 Å². The molecule has 2 atom stereocenters. The summed E-state index contributed by atoms with van der Waals surface area (Å²) in [4.78, 5) is 15.8. The molecule has 1 amide bonds. The number of hydrogen-bond donors (Lipinski definition) is 0. The van der Waals surface area contributed by atoms with Crippen LogP contribution in [0.2, 0.25) is 31.7 Å². The lowest BCUT2D eigenvalue weighted by atomic mass is 10.3. The van der Waals surface area contributed by atoms with Crippen molar-refractivity contribution in [3.8, 4) is 11.1 Å². The van der Waals surface area contributed by atoms with E-state index in [1.165, 1.54) is 4.90 Å². The van der Waals surface area contributed by atoms with Gasteiger partial charge in [-0.2, -0.15) is 0 Å². The van der Waals surface area contributed by atoms with Gasteiger partial charge in [0.25, 0.3) is 8.32 Å². The molecule has 0 aliphatic carbocycles. The van der Waals surface area contributed by atoms with Crippen LogP contribution in [0.25, 0.3) is 0 Å². The van der Waals surface area contributed by atoms with E-state index in [4.69, 9.17) is 9.16 Å². The third-order valence-electron chi connectivity index (χ3n) is 5.09. The molecule has 160 valence electrons. The normalized spacial score (nSPS) is 19.9. The molecule has 0 aromatic heterocycles. The van der Waals surface area contributed by atoms with Crippen LogP contribution in [0.4, 0.5) is 0 Å². The SMILES string of the molecule is CC[Si](C#C[Si](C)(C)C)(CC)O[C@H]1CC(=O)N(CCSc2ccccc2)C1OC. The van der Waals surface area contributed by atoms with E-state index in [0.29, 0.717) is 13.0 Å². The van der Waals surface area contributed by atoms with Gasteiger partial charge in [0, 0.05) is 24.3 Å². The number of hydrogen-bond acceptors (Lipinski definition) is 4. The van der Waals surface area contributed by atoms with Gasteiger partial charge in [-0.1, -0.05) is 51.7 Å². The third-order valence-corrected chi connectivity index (χ3v) is 10.8. The van der Waals surface area contributed by atoms with Crippen LogP contribution in [-0.2, 0) is 14.0 Å². The number of amides is 1. The summed E-state index contributed by atoms with van der Waals surface area (Å²) in [6.07, 6.45) is -0.160. The van der Waals surface area contributed by atoms with E-state index in [1.54, 1.807) is 18.9 Å². The molecule has 0 saturated carbocycles. The van der Waals surface area contributed by atoms with E-state index in [2.05, 4.69) is 56.7 Å². The molecule has 1 fully saturated rings. The van der Waals surface area contributed by atoms with E-state index < -0.39 is 16.4 Å². The average molecular weight is 450 g/mol. The van der Waals surface area contributed by atoms with Gasteiger partial charge in [0.15, 0.2) is 6.23 Å². The Bertz CT molecular complexity index is 723. The predicted octanol–water partition coefficient (Wildman–Crippen LogP) is 4.77. The highest BCUT2D eigenvalue weighted by molar-refractivity contribution is 7.99. The summed E-state index contributed by atoms with van der Waals surface area (Å²) >= 11 is 1.76. The first kappa shape index (κ1) is 24.2. The largest absolute Gasteiger partial charge is 0.397 e. The van der Waals surface area contributed by atoms with Crippen LogP contribution >= 0.6 is 11.8 Å². The van der Waals surface area contributed by atoms with E-state index in [0.717, 1.165) is 17.8 Å². The van der Waals surface area contributed by atoms with Crippen molar-refractivity contribution >= 4 is 34.1 Å². The standard InChI is InChI=1S/C22H35NO3SSi2/c1-7-29(8-2,17-16-28(4,5)6)26-20-18-21(24)23(22(20)25-3)14-15-27-19-12-10-9-11-13-19/h9-13,20,22H,7-8,14-15,18H2,1-6H3/t20-,22?/m0/s1. The molecule has 0 spiro atoms. The Morgan fingerprint density at radius 2 is 1.79 bits per heavy atom. The molecule has 1 aromatic rings. The van der Waals surface area contributed by atoms with Gasteiger partial charge in [0.1, 0.15) is 8.07 Å². The lowest BCUT2D eigenvalue weighted by Gasteiger charge is -2.32. The van der Waals surface area contributed by atoms with Crippen molar-refractivity contribution in [3.63, 3.8) is 0 Å². The summed E-state index contributed by atoms with van der Waals surface area (Å²) in [7, 11) is -2.01. The van der Waals surface area contributed by atoms with Crippen LogP contribution in [0.1, 0.15) is 20.3 Å². The summed E-state index contributed by atoms with van der Waals surface area (Å²) in [5, 5.41) is 0. The van der Waals surface area contributed by atoms with Crippen molar-refractivity contribution in [1.82, 2.24) is 4.90 Å². The zero-order valence-corrected chi connectivity index (χ0v) is 21.5. The number of nitrogens with zero attached hydrogens (tertiary/aromatic N) is 1. The zero-order valence-electron chi connectivity index (χ0n) is 18.7. The molecule has 1 aromatic carbocycles. The van der Waals surface area contributed by atoms with Gasteiger partial charge < -0.3 is 14.1 Å². The van der Waals surface area contributed by atoms with Crippen molar-refractivity contribution in [2.75, 3.05) is 19.4 Å². The molecule has 0 N–H and O–H groups in total. The molecular weight excluding hydrogens is 414 g/mol. The summed E-state index contributed by atoms with van der Waals surface area (Å²) in [6, 6.07) is 12.1. The number of carbonyl (C=O) groups is 1. The molecular formula is C22H35NO3SSi2. The Morgan fingerprint density at radius 3 is 2.34 bits per heavy atom. The number of carbonyl (C=O) groups excluding carboxylic acids is 1. The fourth-order valence-electron chi connectivity index (χ4n) is 3.36. The second-order valence-electron chi connectivity index (χ2n) is 8.44. The first-order chi connectivity index (χ1) is 13.7. The summed E-state index contributed by atoms with van der Waals surface area (Å²) in [5.74, 6) is 0.950. The second kappa shape index (κ2) is 10.8. The molecule has 1 aliphatic heterocycles. The van der Waals surface area contributed by atoms with Gasteiger partial charge in [-0.05, 0) is 24.2 Å². The molecule has 0 radical (unpaired) electrons. The zero-order chi connectivity index (χ0) is 21.5. The highest BCUT2D eigenvalue weighted by Gasteiger charge is 2.45. The number of rotatable bonds is 9. The first-order valence-corrected chi connectivity index (χ1v) is 17.3. The van der Waals surface area contributed by atoms with E-state index in [9.17, 15) is 4.79 Å². The number of methoxy groups -OCH3 is 1. The monoisotopic (exact) mass is 449 g/mol. The van der Waals surface area contributed by atoms with Gasteiger partial charge in [0.2, 0.25) is 5.91 Å². The Balaban J connectivity index is 2.06. The molecule has 1 heterocycles. The van der Waals surface area contributed by atoms with Gasteiger partial charge >= 0.3 is 0 Å². The second-order valence-corrected chi connectivity index (χ2v) is 18.2. The van der Waals surface area contributed by atoms with Gasteiger partial charge in [0.05, 0.1) is 12.5 Å². The highest BCUT2D eigenvalue weighted by atomic mass is 32.2. The maximum atomic E-state index is 12.7. The highest BCUT2D eigenvalue weighted by Crippen LogP contribution is 2.29. The van der Waals surface area contributed by atoms with Crippen molar-refractivity contribution in [3.05, 3.63) is 30.3 Å². The Labute approximate surface area is 182 Å². The molecule has 2 rings (SSSR count). The summed E-state index contributed by atoms with van der Waals surface area (Å²) in [6.45, 7) is 11.8.